The molecule has 0 radical (unpaired) electrons. The van der Waals surface area contributed by atoms with Crippen LogP contribution in [-0.2, 0) is 0 Å². The van der Waals surface area contributed by atoms with Crippen molar-refractivity contribution in [3.63, 3.8) is 0 Å². The van der Waals surface area contributed by atoms with Crippen molar-refractivity contribution in [2.24, 2.45) is 17.8 Å². The fourth-order valence-corrected chi connectivity index (χ4v) is 8.21. The number of H-pyrrole nitrogens is 1. The molecule has 0 aliphatic heterocycles. The molecule has 4 fully saturated rings. The van der Waals surface area contributed by atoms with Crippen LogP contribution in [-0.4, -0.2) is 38.4 Å². The van der Waals surface area contributed by atoms with Gasteiger partial charge in [0.25, 0.3) is 5.91 Å². The van der Waals surface area contributed by atoms with Crippen LogP contribution in [0.4, 0.5) is 16.8 Å². The predicted molar refractivity (Wildman–Crippen MR) is 147 cm³/mol. The summed E-state index contributed by atoms with van der Waals surface area (Å²) in [7, 11) is 1.87. The topological polar surface area (TPSA) is 108 Å². The molecule has 3 aromatic heterocycles. The van der Waals surface area contributed by atoms with E-state index in [9.17, 15) is 4.79 Å². The predicted octanol–water partition coefficient (Wildman–Crippen LogP) is 5.87. The maximum absolute atomic E-state index is 13.3. The Labute approximate surface area is 219 Å². The normalized spacial score (nSPS) is 25.9. The molecule has 0 atom stereocenters. The number of amides is 1. The van der Waals surface area contributed by atoms with E-state index in [4.69, 9.17) is 4.98 Å². The zero-order chi connectivity index (χ0) is 25.1. The van der Waals surface area contributed by atoms with Crippen LogP contribution in [0, 0.1) is 24.7 Å². The summed E-state index contributed by atoms with van der Waals surface area (Å²) in [6.45, 7) is 1.98. The molecule has 0 unspecified atom stereocenters. The fourth-order valence-electron chi connectivity index (χ4n) is 7.32. The summed E-state index contributed by atoms with van der Waals surface area (Å²) in [5.41, 5.74) is 4.21. The van der Waals surface area contributed by atoms with E-state index in [0.717, 1.165) is 75.0 Å². The van der Waals surface area contributed by atoms with Gasteiger partial charge in [0, 0.05) is 35.4 Å². The molecular formula is C28H31N7OS. The zero-order valence-corrected chi connectivity index (χ0v) is 21.9. The van der Waals surface area contributed by atoms with Crippen molar-refractivity contribution < 1.29 is 4.79 Å². The largest absolute Gasteiger partial charge is 0.365 e. The van der Waals surface area contributed by atoms with Gasteiger partial charge in [-0.3, -0.25) is 4.79 Å². The minimum absolute atomic E-state index is 0.00257. The number of carbonyl (C=O) groups is 1. The van der Waals surface area contributed by atoms with Crippen LogP contribution in [0.15, 0.2) is 36.5 Å². The van der Waals surface area contributed by atoms with Crippen LogP contribution in [0.2, 0.25) is 0 Å². The lowest BCUT2D eigenvalue weighted by molar-refractivity contribution is -0.0167. The molecule has 190 valence electrons. The Balaban J connectivity index is 1.09. The summed E-state index contributed by atoms with van der Waals surface area (Å²) in [6, 6.07) is 9.85. The minimum Gasteiger partial charge on any atom is -0.365 e. The lowest BCUT2D eigenvalue weighted by atomic mass is 9.53. The number of hydrogen-bond donors (Lipinski definition) is 4. The molecule has 8 nitrogen and oxygen atoms in total. The van der Waals surface area contributed by atoms with E-state index in [1.165, 1.54) is 19.3 Å². The number of aromatic amines is 1. The highest BCUT2D eigenvalue weighted by atomic mass is 32.1. The Bertz CT molecular complexity index is 1470. The van der Waals surface area contributed by atoms with Gasteiger partial charge >= 0.3 is 0 Å². The van der Waals surface area contributed by atoms with Gasteiger partial charge in [-0.1, -0.05) is 11.3 Å². The first-order chi connectivity index (χ1) is 17.9. The molecule has 4 bridgehead atoms. The highest BCUT2D eigenvalue weighted by Crippen LogP contribution is 2.55. The lowest BCUT2D eigenvalue weighted by Gasteiger charge is -2.56. The maximum atomic E-state index is 13.3. The maximum Gasteiger partial charge on any atom is 0.268 e. The summed E-state index contributed by atoms with van der Waals surface area (Å²) in [6.07, 6.45) is 9.30. The van der Waals surface area contributed by atoms with Gasteiger partial charge < -0.3 is 20.9 Å². The molecule has 0 saturated heterocycles. The number of benzene rings is 1. The van der Waals surface area contributed by atoms with Gasteiger partial charge in [-0.15, -0.1) is 0 Å². The van der Waals surface area contributed by atoms with Gasteiger partial charge in [0.1, 0.15) is 5.69 Å². The summed E-state index contributed by atoms with van der Waals surface area (Å²) in [5.74, 6) is 2.94. The van der Waals surface area contributed by atoms with E-state index in [2.05, 4.69) is 30.9 Å². The smallest absolute Gasteiger partial charge is 0.268 e. The average molecular weight is 514 g/mol. The molecule has 9 heteroatoms. The molecule has 0 spiro atoms. The molecule has 1 amide bonds. The van der Waals surface area contributed by atoms with Crippen molar-refractivity contribution in [2.75, 3.05) is 17.7 Å². The lowest BCUT2D eigenvalue weighted by Crippen LogP contribution is -2.59. The SMILES string of the molecule is CNc1nc(C)c(-c2ccnc(Nc3ccc4[nH]c(C(=O)NC56CC7CC(CC(C7)C5)C6)cc4c3)n2)s1. The van der Waals surface area contributed by atoms with Gasteiger partial charge in [-0.2, -0.15) is 0 Å². The number of fused-ring (bicyclic) bond motifs is 1. The van der Waals surface area contributed by atoms with Crippen molar-refractivity contribution >= 4 is 44.9 Å². The molecule has 4 saturated carbocycles. The molecule has 37 heavy (non-hydrogen) atoms. The van der Waals surface area contributed by atoms with E-state index in [-0.39, 0.29) is 11.4 Å². The Morgan fingerprint density at radius 2 is 1.81 bits per heavy atom. The first-order valence-electron chi connectivity index (χ1n) is 13.2. The van der Waals surface area contributed by atoms with Gasteiger partial charge in [-0.05, 0) is 93.5 Å². The molecule has 8 rings (SSSR count). The summed E-state index contributed by atoms with van der Waals surface area (Å²) < 4.78 is 0. The molecule has 1 aromatic carbocycles. The highest BCUT2D eigenvalue weighted by Gasteiger charge is 2.51. The van der Waals surface area contributed by atoms with E-state index >= 15 is 0 Å². The second-order valence-corrected chi connectivity index (χ2v) is 12.2. The van der Waals surface area contributed by atoms with Crippen molar-refractivity contribution in [3.05, 3.63) is 47.9 Å². The van der Waals surface area contributed by atoms with Crippen molar-refractivity contribution in [1.82, 2.24) is 25.3 Å². The number of nitrogens with zero attached hydrogens (tertiary/aromatic N) is 3. The van der Waals surface area contributed by atoms with Gasteiger partial charge in [0.2, 0.25) is 5.95 Å². The summed E-state index contributed by atoms with van der Waals surface area (Å²) in [5, 5.41) is 11.7. The third-order valence-corrected chi connectivity index (χ3v) is 9.63. The Morgan fingerprint density at radius 3 is 2.51 bits per heavy atom. The number of anilines is 3. The standard InChI is InChI=1S/C28H31N7OS/c1-15-24(37-27(29-2)31-15)22-5-6-30-26(34-22)32-20-3-4-21-19(10-20)11-23(33-21)25(36)35-28-12-16-7-17(13-28)9-18(8-16)14-28/h3-6,10-11,16-18,33H,7-9,12-14H2,1-2H3,(H,29,31)(H,35,36)(H,30,32,34). The fraction of sp³-hybridized carbons (Fsp3) is 0.429. The van der Waals surface area contributed by atoms with Crippen LogP contribution in [0.3, 0.4) is 0 Å². The first kappa shape index (κ1) is 22.7. The van der Waals surface area contributed by atoms with Gasteiger partial charge in [0.05, 0.1) is 16.3 Å². The molecule has 4 aliphatic carbocycles. The van der Waals surface area contributed by atoms with Crippen molar-refractivity contribution in [3.8, 4) is 10.6 Å². The third kappa shape index (κ3) is 4.15. The molecule has 4 aromatic rings. The van der Waals surface area contributed by atoms with Crippen LogP contribution in [0.5, 0.6) is 0 Å². The summed E-state index contributed by atoms with van der Waals surface area (Å²) in [4.78, 5) is 31.3. The molecular weight excluding hydrogens is 482 g/mol. The Kier molecular flexibility index (Phi) is 5.25. The molecule has 4 N–H and O–H groups in total. The van der Waals surface area contributed by atoms with Crippen LogP contribution >= 0.6 is 11.3 Å². The van der Waals surface area contributed by atoms with Crippen molar-refractivity contribution in [2.45, 2.75) is 51.0 Å². The number of rotatable bonds is 6. The molecule has 3 heterocycles. The number of nitrogens with one attached hydrogen (secondary N) is 4. The number of hydrogen-bond acceptors (Lipinski definition) is 7. The van der Waals surface area contributed by atoms with E-state index < -0.39 is 0 Å². The average Bonchev–Trinajstić information content (AvgIpc) is 3.46. The van der Waals surface area contributed by atoms with Gasteiger partial charge in [0.15, 0.2) is 5.13 Å². The van der Waals surface area contributed by atoms with Crippen LogP contribution in [0.25, 0.3) is 21.5 Å². The number of aryl methyl sites for hydroxylation is 1. The van der Waals surface area contributed by atoms with Crippen LogP contribution in [0.1, 0.15) is 54.7 Å². The number of aromatic nitrogens is 4. The van der Waals surface area contributed by atoms with Crippen LogP contribution < -0.4 is 16.0 Å². The van der Waals surface area contributed by atoms with E-state index in [1.807, 2.05) is 44.3 Å². The second-order valence-electron chi connectivity index (χ2n) is 11.2. The summed E-state index contributed by atoms with van der Waals surface area (Å²) >= 11 is 1.57. The zero-order valence-electron chi connectivity index (χ0n) is 21.1. The minimum atomic E-state index is 0.00257. The van der Waals surface area contributed by atoms with Crippen molar-refractivity contribution in [1.29, 1.82) is 0 Å². The third-order valence-electron chi connectivity index (χ3n) is 8.44. The van der Waals surface area contributed by atoms with Gasteiger partial charge in [-0.25, -0.2) is 15.0 Å². The van der Waals surface area contributed by atoms with E-state index in [1.54, 1.807) is 17.5 Å². The molecule has 4 aliphatic rings. The van der Waals surface area contributed by atoms with E-state index in [0.29, 0.717) is 11.6 Å². The monoisotopic (exact) mass is 513 g/mol. The second kappa shape index (κ2) is 8.55. The number of thiazole rings is 1. The Morgan fingerprint density at radius 1 is 1.05 bits per heavy atom. The quantitative estimate of drug-likeness (QED) is 0.257. The highest BCUT2D eigenvalue weighted by molar-refractivity contribution is 7.19. The first-order valence-corrected chi connectivity index (χ1v) is 14.0. The number of carbonyl (C=O) groups excluding carboxylic acids is 1. The Hall–Kier alpha value is -3.46.